The minimum atomic E-state index is -1.35. The maximum absolute atomic E-state index is 11.3. The average molecular weight is 424 g/mol. The summed E-state index contributed by atoms with van der Waals surface area (Å²) < 4.78 is 0. The van der Waals surface area contributed by atoms with E-state index < -0.39 is 40.8 Å². The Morgan fingerprint density at radius 1 is 0.793 bits per heavy atom. The third-order valence-electron chi connectivity index (χ3n) is 4.06. The average Bonchev–Trinajstić information content (AvgIpc) is 2.66. The van der Waals surface area contributed by atoms with Crippen LogP contribution in [0.1, 0.15) is 40.5 Å². The summed E-state index contributed by atoms with van der Waals surface area (Å²) in [5.74, 6) is -2.21. The van der Waals surface area contributed by atoms with Gasteiger partial charge >= 0.3 is 5.97 Å². The van der Waals surface area contributed by atoms with Crippen molar-refractivity contribution >= 4 is 17.8 Å². The molecule has 0 spiro atoms. The molecule has 172 valence electrons. The summed E-state index contributed by atoms with van der Waals surface area (Å²) >= 11 is 0. The lowest BCUT2D eigenvalue weighted by Gasteiger charge is -2.27. The molecule has 0 aliphatic heterocycles. The quantitative estimate of drug-likeness (QED) is 0.161. The van der Waals surface area contributed by atoms with E-state index in [4.69, 9.17) is 20.4 Å². The summed E-state index contributed by atoms with van der Waals surface area (Å²) in [6.45, 7) is 5.97. The number of aliphatic hydroxyl groups is 5. The molecule has 0 aromatic heterocycles. The zero-order chi connectivity index (χ0) is 23.3. The number of carbonyl (C=O) groups excluding carboxylic acids is 2. The number of carboxylic acid groups (broad SMARTS) is 1. The first-order valence-electron chi connectivity index (χ1n) is 9.22. The van der Waals surface area contributed by atoms with Crippen molar-refractivity contribution in [1.29, 1.82) is 0 Å². The van der Waals surface area contributed by atoms with Gasteiger partial charge in [0.1, 0.15) is 12.2 Å². The highest BCUT2D eigenvalue weighted by Gasteiger charge is 2.33. The highest BCUT2D eigenvalue weighted by molar-refractivity contribution is 5.82. The molecule has 2 amide bonds. The van der Waals surface area contributed by atoms with Crippen LogP contribution in [0.3, 0.4) is 0 Å². The smallest absolute Gasteiger partial charge is 0.305 e. The Bertz CT molecular complexity index is 510. The topological polar surface area (TPSA) is 197 Å². The van der Waals surface area contributed by atoms with Gasteiger partial charge in [0.2, 0.25) is 11.8 Å². The van der Waals surface area contributed by atoms with Crippen molar-refractivity contribution < 1.29 is 45.0 Å². The molecule has 29 heavy (non-hydrogen) atoms. The van der Waals surface area contributed by atoms with E-state index in [9.17, 15) is 24.6 Å². The van der Waals surface area contributed by atoms with Crippen molar-refractivity contribution in [1.82, 2.24) is 10.6 Å². The Morgan fingerprint density at radius 2 is 1.17 bits per heavy atom. The number of aliphatic hydroxyl groups excluding tert-OH is 5. The first-order valence-corrected chi connectivity index (χ1v) is 9.22. The Hall–Kier alpha value is -1.79. The van der Waals surface area contributed by atoms with Crippen molar-refractivity contribution in [2.24, 2.45) is 10.8 Å². The molecule has 0 bridgehead atoms. The highest BCUT2D eigenvalue weighted by atomic mass is 16.4. The highest BCUT2D eigenvalue weighted by Crippen LogP contribution is 2.20. The van der Waals surface area contributed by atoms with Crippen molar-refractivity contribution in [3.8, 4) is 0 Å². The Kier molecular flexibility index (Phi) is 14.4. The zero-order valence-corrected chi connectivity index (χ0v) is 17.5. The van der Waals surface area contributed by atoms with E-state index in [1.165, 1.54) is 13.8 Å². The number of rotatable bonds is 12. The van der Waals surface area contributed by atoms with Gasteiger partial charge in [-0.3, -0.25) is 14.4 Å². The molecule has 0 heterocycles. The monoisotopic (exact) mass is 424 g/mol. The molecule has 0 saturated carbocycles. The number of carbonyl (C=O) groups is 3. The number of amides is 2. The molecular weight excluding hydrogens is 388 g/mol. The number of carboxylic acids is 1. The minimum absolute atomic E-state index is 0.000230. The fourth-order valence-electron chi connectivity index (χ4n) is 1.66. The van der Waals surface area contributed by atoms with Gasteiger partial charge in [0.05, 0.1) is 19.6 Å². The second kappa shape index (κ2) is 14.2. The largest absolute Gasteiger partial charge is 0.481 e. The van der Waals surface area contributed by atoms with Crippen LogP contribution in [-0.2, 0) is 14.4 Å². The number of hydrogen-bond acceptors (Lipinski definition) is 8. The van der Waals surface area contributed by atoms with Crippen LogP contribution in [0.4, 0.5) is 0 Å². The molecule has 0 aromatic rings. The van der Waals surface area contributed by atoms with E-state index in [1.54, 1.807) is 13.8 Å². The molecule has 11 heteroatoms. The lowest BCUT2D eigenvalue weighted by atomic mass is 9.87. The second-order valence-corrected chi connectivity index (χ2v) is 7.90. The van der Waals surface area contributed by atoms with E-state index in [2.05, 4.69) is 10.6 Å². The molecule has 2 atom stereocenters. The SMILES string of the molecule is CC(C)(CO)[C@@H](O)C(=O)NCCC(=O)O.CC(C)(CO)[C@@H](O)C(=O)NCCCO. The summed E-state index contributed by atoms with van der Waals surface area (Å²) in [5, 5.41) is 58.3. The third-order valence-corrected chi connectivity index (χ3v) is 4.06. The Morgan fingerprint density at radius 3 is 1.48 bits per heavy atom. The van der Waals surface area contributed by atoms with Crippen LogP contribution in [0.2, 0.25) is 0 Å². The zero-order valence-electron chi connectivity index (χ0n) is 17.5. The summed E-state index contributed by atoms with van der Waals surface area (Å²) in [6.07, 6.45) is -2.32. The molecular formula is C18H36N2O9. The molecule has 0 aliphatic carbocycles. The fraction of sp³-hybridized carbons (Fsp3) is 0.833. The van der Waals surface area contributed by atoms with Gasteiger partial charge < -0.3 is 41.3 Å². The van der Waals surface area contributed by atoms with Gasteiger partial charge in [-0.05, 0) is 6.42 Å². The maximum atomic E-state index is 11.3. The second-order valence-electron chi connectivity index (χ2n) is 7.90. The molecule has 0 aliphatic rings. The van der Waals surface area contributed by atoms with Gasteiger partial charge in [-0.15, -0.1) is 0 Å². The summed E-state index contributed by atoms with van der Waals surface area (Å²) in [7, 11) is 0. The molecule has 8 N–H and O–H groups in total. The predicted molar refractivity (Wildman–Crippen MR) is 104 cm³/mol. The van der Waals surface area contributed by atoms with Gasteiger partial charge in [0.25, 0.3) is 0 Å². The molecule has 11 nitrogen and oxygen atoms in total. The van der Waals surface area contributed by atoms with Crippen molar-refractivity contribution in [2.75, 3.05) is 32.9 Å². The lowest BCUT2D eigenvalue weighted by molar-refractivity contribution is -0.139. The first-order chi connectivity index (χ1) is 13.3. The van der Waals surface area contributed by atoms with Gasteiger partial charge in [-0.1, -0.05) is 27.7 Å². The van der Waals surface area contributed by atoms with E-state index in [0.717, 1.165) is 0 Å². The Balaban J connectivity index is 0. The van der Waals surface area contributed by atoms with Crippen molar-refractivity contribution in [3.63, 3.8) is 0 Å². The molecule has 0 fully saturated rings. The predicted octanol–water partition coefficient (Wildman–Crippen LogP) is -2.18. The first kappa shape index (κ1) is 29.4. The molecule has 0 radical (unpaired) electrons. The van der Waals surface area contributed by atoms with Crippen LogP contribution in [0, 0.1) is 10.8 Å². The van der Waals surface area contributed by atoms with Gasteiger partial charge in [0.15, 0.2) is 0 Å². The Labute approximate surface area is 170 Å². The van der Waals surface area contributed by atoms with Crippen LogP contribution in [-0.4, -0.2) is 93.5 Å². The van der Waals surface area contributed by atoms with Crippen LogP contribution in [0.25, 0.3) is 0 Å². The molecule has 0 unspecified atom stereocenters. The molecule has 0 aromatic carbocycles. The van der Waals surface area contributed by atoms with Crippen LogP contribution in [0.5, 0.6) is 0 Å². The summed E-state index contributed by atoms with van der Waals surface area (Å²) in [4.78, 5) is 32.7. The van der Waals surface area contributed by atoms with Gasteiger partial charge in [-0.2, -0.15) is 0 Å². The molecule has 0 saturated heterocycles. The van der Waals surface area contributed by atoms with E-state index in [-0.39, 0.29) is 32.8 Å². The van der Waals surface area contributed by atoms with Gasteiger partial charge in [0, 0.05) is 30.5 Å². The number of aliphatic carboxylic acids is 1. The standard InChI is InChI=1S/C9H17NO5.C9H19NO4/c1-9(2,5-11)7(14)8(15)10-4-3-6(12)13;1-9(2,6-12)7(13)8(14)10-4-3-5-11/h7,11,14H,3-5H2,1-2H3,(H,10,15)(H,12,13);7,11-13H,3-6H2,1-2H3,(H,10,14)/t2*7-/m00/s1. The number of hydrogen-bond donors (Lipinski definition) is 8. The van der Waals surface area contributed by atoms with Crippen LogP contribution >= 0.6 is 0 Å². The van der Waals surface area contributed by atoms with E-state index >= 15 is 0 Å². The van der Waals surface area contributed by atoms with E-state index in [1.807, 2.05) is 0 Å². The fourth-order valence-corrected chi connectivity index (χ4v) is 1.66. The number of nitrogens with one attached hydrogen (secondary N) is 2. The normalized spacial score (nSPS) is 13.6. The van der Waals surface area contributed by atoms with Crippen LogP contribution in [0.15, 0.2) is 0 Å². The van der Waals surface area contributed by atoms with E-state index in [0.29, 0.717) is 13.0 Å². The molecule has 0 rings (SSSR count). The van der Waals surface area contributed by atoms with Crippen LogP contribution < -0.4 is 10.6 Å². The minimum Gasteiger partial charge on any atom is -0.481 e. The van der Waals surface area contributed by atoms with Gasteiger partial charge in [-0.25, -0.2) is 0 Å². The maximum Gasteiger partial charge on any atom is 0.305 e. The summed E-state index contributed by atoms with van der Waals surface area (Å²) in [5.41, 5.74) is -1.78. The van der Waals surface area contributed by atoms with Crippen molar-refractivity contribution in [3.05, 3.63) is 0 Å². The lowest BCUT2D eigenvalue weighted by Crippen LogP contribution is -2.45. The van der Waals surface area contributed by atoms with Crippen molar-refractivity contribution in [2.45, 2.75) is 52.7 Å². The third kappa shape index (κ3) is 12.4. The summed E-state index contributed by atoms with van der Waals surface area (Å²) in [6, 6.07) is 0.